The van der Waals surface area contributed by atoms with E-state index >= 15 is 0 Å². The molecule has 18 heavy (non-hydrogen) atoms. The van der Waals surface area contributed by atoms with E-state index in [2.05, 4.69) is 15.4 Å². The van der Waals surface area contributed by atoms with Gasteiger partial charge in [0.05, 0.1) is 12.2 Å². The molecular weight excluding hydrogens is 254 g/mol. The standard InChI is InChI=1S/C11H15N3O3S/c1-18(16,17)14-10-4-2-9(3-5-10)13-11(15)8-6-12-7-8/h2-5,8,12,14H,6-7H2,1H3,(H,13,15). The monoisotopic (exact) mass is 269 g/mol. The molecule has 1 saturated heterocycles. The Hall–Kier alpha value is -1.60. The molecule has 1 aromatic carbocycles. The Kier molecular flexibility index (Phi) is 3.53. The molecule has 0 unspecified atom stereocenters. The fraction of sp³-hybridized carbons (Fsp3) is 0.364. The van der Waals surface area contributed by atoms with Gasteiger partial charge in [0.25, 0.3) is 0 Å². The third kappa shape index (κ3) is 3.44. The number of carbonyl (C=O) groups is 1. The predicted molar refractivity (Wildman–Crippen MR) is 69.9 cm³/mol. The van der Waals surface area contributed by atoms with E-state index in [9.17, 15) is 13.2 Å². The zero-order valence-electron chi connectivity index (χ0n) is 9.93. The molecule has 0 bridgehead atoms. The molecule has 0 atom stereocenters. The van der Waals surface area contributed by atoms with Crippen LogP contribution in [0.25, 0.3) is 0 Å². The van der Waals surface area contributed by atoms with Crippen molar-refractivity contribution in [2.45, 2.75) is 0 Å². The van der Waals surface area contributed by atoms with Crippen molar-refractivity contribution in [1.82, 2.24) is 5.32 Å². The lowest BCUT2D eigenvalue weighted by molar-refractivity contribution is -0.121. The van der Waals surface area contributed by atoms with E-state index in [1.165, 1.54) is 0 Å². The summed E-state index contributed by atoms with van der Waals surface area (Å²) in [5, 5.41) is 5.80. The Morgan fingerprint density at radius 2 is 1.78 bits per heavy atom. The van der Waals surface area contributed by atoms with E-state index in [4.69, 9.17) is 0 Å². The average Bonchev–Trinajstić information content (AvgIpc) is 2.16. The van der Waals surface area contributed by atoms with E-state index in [0.717, 1.165) is 6.26 Å². The molecule has 0 spiro atoms. The van der Waals surface area contributed by atoms with Crippen LogP contribution in [0.4, 0.5) is 11.4 Å². The van der Waals surface area contributed by atoms with Gasteiger partial charge in [-0.15, -0.1) is 0 Å². The first-order valence-corrected chi connectivity index (χ1v) is 7.42. The normalized spacial score (nSPS) is 15.8. The number of anilines is 2. The molecule has 0 aromatic heterocycles. The second kappa shape index (κ2) is 4.95. The van der Waals surface area contributed by atoms with E-state index in [-0.39, 0.29) is 11.8 Å². The van der Waals surface area contributed by atoms with Crippen LogP contribution >= 0.6 is 0 Å². The fourth-order valence-electron chi connectivity index (χ4n) is 1.55. The van der Waals surface area contributed by atoms with Gasteiger partial charge in [-0.05, 0) is 24.3 Å². The highest BCUT2D eigenvalue weighted by Gasteiger charge is 2.24. The number of rotatable bonds is 4. The highest BCUT2D eigenvalue weighted by molar-refractivity contribution is 7.92. The molecular formula is C11H15N3O3S. The van der Waals surface area contributed by atoms with Gasteiger partial charge in [-0.1, -0.05) is 0 Å². The summed E-state index contributed by atoms with van der Waals surface area (Å²) in [5.41, 5.74) is 1.13. The molecule has 2 rings (SSSR count). The Morgan fingerprint density at radius 3 is 2.22 bits per heavy atom. The zero-order chi connectivity index (χ0) is 13.2. The molecule has 1 aliphatic heterocycles. The number of nitrogens with one attached hydrogen (secondary N) is 3. The van der Waals surface area contributed by atoms with Crippen LogP contribution < -0.4 is 15.4 Å². The van der Waals surface area contributed by atoms with Gasteiger partial charge < -0.3 is 10.6 Å². The highest BCUT2D eigenvalue weighted by Crippen LogP contribution is 2.16. The van der Waals surface area contributed by atoms with Gasteiger partial charge in [0.15, 0.2) is 0 Å². The maximum absolute atomic E-state index is 11.6. The molecule has 1 heterocycles. The lowest BCUT2D eigenvalue weighted by atomic mass is 10.0. The molecule has 98 valence electrons. The molecule has 0 saturated carbocycles. The van der Waals surface area contributed by atoms with E-state index in [0.29, 0.717) is 24.5 Å². The summed E-state index contributed by atoms with van der Waals surface area (Å²) in [5.74, 6) is 0.0105. The van der Waals surface area contributed by atoms with Gasteiger partial charge in [0.1, 0.15) is 0 Å². The Labute approximate surface area is 106 Å². The average molecular weight is 269 g/mol. The molecule has 1 amide bonds. The first-order valence-electron chi connectivity index (χ1n) is 5.53. The summed E-state index contributed by atoms with van der Waals surface area (Å²) in [6.45, 7) is 1.42. The first-order chi connectivity index (χ1) is 8.44. The van der Waals surface area contributed by atoms with E-state index < -0.39 is 10.0 Å². The smallest absolute Gasteiger partial charge is 0.230 e. The molecule has 3 N–H and O–H groups in total. The fourth-order valence-corrected chi connectivity index (χ4v) is 2.12. The molecule has 1 aromatic rings. The van der Waals surface area contributed by atoms with Crippen LogP contribution in [-0.2, 0) is 14.8 Å². The Balaban J connectivity index is 1.97. The number of hydrogen-bond donors (Lipinski definition) is 3. The number of amides is 1. The third-order valence-corrected chi connectivity index (χ3v) is 3.21. The van der Waals surface area contributed by atoms with Crippen LogP contribution in [0, 0.1) is 5.92 Å². The Bertz CT molecular complexity index is 535. The molecule has 6 nitrogen and oxygen atoms in total. The van der Waals surface area contributed by atoms with E-state index in [1.807, 2.05) is 0 Å². The van der Waals surface area contributed by atoms with Gasteiger partial charge in [0, 0.05) is 24.5 Å². The van der Waals surface area contributed by atoms with Gasteiger partial charge >= 0.3 is 0 Å². The van der Waals surface area contributed by atoms with Crippen LogP contribution in [0.2, 0.25) is 0 Å². The summed E-state index contributed by atoms with van der Waals surface area (Å²) < 4.78 is 24.4. The van der Waals surface area contributed by atoms with Gasteiger partial charge in [-0.25, -0.2) is 8.42 Å². The molecule has 1 aliphatic rings. The predicted octanol–water partition coefficient (Wildman–Crippen LogP) is 0.216. The quantitative estimate of drug-likeness (QED) is 0.729. The minimum atomic E-state index is -3.27. The van der Waals surface area contributed by atoms with Crippen molar-refractivity contribution in [3.05, 3.63) is 24.3 Å². The SMILES string of the molecule is CS(=O)(=O)Nc1ccc(NC(=O)C2CNC2)cc1. The minimum absolute atomic E-state index is 0.0161. The van der Waals surface area contributed by atoms with Crippen molar-refractivity contribution < 1.29 is 13.2 Å². The topological polar surface area (TPSA) is 87.3 Å². The van der Waals surface area contributed by atoms with Crippen LogP contribution in [0.15, 0.2) is 24.3 Å². The minimum Gasteiger partial charge on any atom is -0.326 e. The van der Waals surface area contributed by atoms with Crippen LogP contribution in [-0.4, -0.2) is 33.7 Å². The van der Waals surface area contributed by atoms with Crippen LogP contribution in [0.5, 0.6) is 0 Å². The maximum atomic E-state index is 11.6. The second-order valence-electron chi connectivity index (χ2n) is 4.30. The molecule has 0 aliphatic carbocycles. The zero-order valence-corrected chi connectivity index (χ0v) is 10.8. The number of carbonyl (C=O) groups excluding carboxylic acids is 1. The summed E-state index contributed by atoms with van der Waals surface area (Å²) in [6, 6.07) is 6.54. The third-order valence-electron chi connectivity index (χ3n) is 2.61. The highest BCUT2D eigenvalue weighted by atomic mass is 32.2. The van der Waals surface area contributed by atoms with Crippen molar-refractivity contribution >= 4 is 27.3 Å². The maximum Gasteiger partial charge on any atom is 0.230 e. The number of benzene rings is 1. The largest absolute Gasteiger partial charge is 0.326 e. The van der Waals surface area contributed by atoms with Gasteiger partial charge in [-0.3, -0.25) is 9.52 Å². The van der Waals surface area contributed by atoms with Crippen molar-refractivity contribution in [3.8, 4) is 0 Å². The summed E-state index contributed by atoms with van der Waals surface area (Å²) >= 11 is 0. The van der Waals surface area contributed by atoms with Crippen molar-refractivity contribution in [2.75, 3.05) is 29.4 Å². The summed E-state index contributed by atoms with van der Waals surface area (Å²) in [7, 11) is -3.27. The number of hydrogen-bond acceptors (Lipinski definition) is 4. The molecule has 1 fully saturated rings. The van der Waals surface area contributed by atoms with Crippen LogP contribution in [0.1, 0.15) is 0 Å². The van der Waals surface area contributed by atoms with Gasteiger partial charge in [0.2, 0.25) is 15.9 Å². The Morgan fingerprint density at radius 1 is 1.22 bits per heavy atom. The second-order valence-corrected chi connectivity index (χ2v) is 6.04. The van der Waals surface area contributed by atoms with Crippen molar-refractivity contribution in [1.29, 1.82) is 0 Å². The lowest BCUT2D eigenvalue weighted by Gasteiger charge is -2.25. The molecule has 0 radical (unpaired) electrons. The van der Waals surface area contributed by atoms with E-state index in [1.54, 1.807) is 24.3 Å². The van der Waals surface area contributed by atoms with Crippen molar-refractivity contribution in [3.63, 3.8) is 0 Å². The molecule has 7 heteroatoms. The first kappa shape index (κ1) is 12.8. The van der Waals surface area contributed by atoms with Crippen LogP contribution in [0.3, 0.4) is 0 Å². The number of sulfonamides is 1. The summed E-state index contributed by atoms with van der Waals surface area (Å²) in [6.07, 6.45) is 1.09. The lowest BCUT2D eigenvalue weighted by Crippen LogP contribution is -2.48. The summed E-state index contributed by atoms with van der Waals surface area (Å²) in [4.78, 5) is 11.6. The van der Waals surface area contributed by atoms with Crippen molar-refractivity contribution in [2.24, 2.45) is 5.92 Å². The van der Waals surface area contributed by atoms with Gasteiger partial charge in [-0.2, -0.15) is 0 Å².